The van der Waals surface area contributed by atoms with Gasteiger partial charge in [0.15, 0.2) is 0 Å². The number of halogens is 1. The molecule has 0 N–H and O–H groups in total. The van der Waals surface area contributed by atoms with Crippen molar-refractivity contribution in [3.05, 3.63) is 11.8 Å². The largest absolute Gasteiger partial charge is 0.466 e. The van der Waals surface area contributed by atoms with Gasteiger partial charge in [-0.2, -0.15) is 8.42 Å². The van der Waals surface area contributed by atoms with E-state index in [9.17, 15) is 21.9 Å². The summed E-state index contributed by atoms with van der Waals surface area (Å²) in [5, 5.41) is -1.36. The number of methoxy groups -OCH3 is 1. The highest BCUT2D eigenvalue weighted by atomic mass is 32.3. The van der Waals surface area contributed by atoms with Crippen LogP contribution in [0.4, 0.5) is 3.89 Å². The molecule has 1 aliphatic heterocycles. The minimum Gasteiger partial charge on any atom is -0.466 e. The number of carbonyl (C=O) groups excluding carboxylic acids is 2. The van der Waals surface area contributed by atoms with Crippen molar-refractivity contribution in [3.63, 3.8) is 0 Å². The number of esters is 1. The number of hydrogen-bond donors (Lipinski definition) is 0. The fraction of sp³-hybridized carbons (Fsp3) is 0.556. The van der Waals surface area contributed by atoms with E-state index in [1.165, 1.54) is 14.0 Å². The zero-order valence-electron chi connectivity index (χ0n) is 9.34. The number of hydrogen-bond acceptors (Lipinski definition) is 5. The summed E-state index contributed by atoms with van der Waals surface area (Å²) in [5.41, 5.74) is 0.230. The lowest BCUT2D eigenvalue weighted by Gasteiger charge is -2.15. The molecule has 1 unspecified atom stereocenters. The molecule has 96 valence electrons. The van der Waals surface area contributed by atoms with Crippen LogP contribution in [0.5, 0.6) is 0 Å². The van der Waals surface area contributed by atoms with Crippen molar-refractivity contribution >= 4 is 22.1 Å². The van der Waals surface area contributed by atoms with Gasteiger partial charge in [0, 0.05) is 24.7 Å². The summed E-state index contributed by atoms with van der Waals surface area (Å²) < 4.78 is 38.4. The van der Waals surface area contributed by atoms with Crippen molar-refractivity contribution in [2.24, 2.45) is 0 Å². The molecule has 0 aromatic rings. The molecule has 1 atom stereocenters. The second-order valence-electron chi connectivity index (χ2n) is 3.61. The van der Waals surface area contributed by atoms with Gasteiger partial charge in [0.05, 0.1) is 7.11 Å². The van der Waals surface area contributed by atoms with Gasteiger partial charge < -0.3 is 9.64 Å². The summed E-state index contributed by atoms with van der Waals surface area (Å²) in [7, 11) is -3.57. The van der Waals surface area contributed by atoms with Crippen LogP contribution in [0.15, 0.2) is 11.8 Å². The Hall–Kier alpha value is -1.44. The van der Waals surface area contributed by atoms with Gasteiger partial charge in [-0.1, -0.05) is 0 Å². The third-order valence-corrected chi connectivity index (χ3v) is 3.55. The number of likely N-dealkylation sites (tertiary alicyclic amines) is 1. The first kappa shape index (κ1) is 13.6. The van der Waals surface area contributed by atoms with Gasteiger partial charge in [-0.15, -0.1) is 3.89 Å². The molecule has 0 aliphatic carbocycles. The average Bonchev–Trinajstić information content (AvgIpc) is 2.59. The molecular weight excluding hydrogens is 253 g/mol. The highest BCUT2D eigenvalue weighted by molar-refractivity contribution is 7.87. The first-order chi connectivity index (χ1) is 7.75. The molecule has 0 saturated carbocycles. The SMILES string of the molecule is COC(=O)C=C(C)N1CC(S(=O)(=O)F)CC1=O. The van der Waals surface area contributed by atoms with Crippen LogP contribution in [-0.4, -0.2) is 44.1 Å². The van der Waals surface area contributed by atoms with E-state index in [2.05, 4.69) is 4.74 Å². The summed E-state index contributed by atoms with van der Waals surface area (Å²) in [6.45, 7) is 1.17. The maximum absolute atomic E-state index is 12.7. The van der Waals surface area contributed by atoms with E-state index >= 15 is 0 Å². The molecule has 8 heteroatoms. The molecule has 17 heavy (non-hydrogen) atoms. The molecule has 1 aliphatic rings. The molecule has 0 aromatic heterocycles. The highest BCUT2D eigenvalue weighted by Crippen LogP contribution is 2.22. The van der Waals surface area contributed by atoms with Crippen LogP contribution in [0, 0.1) is 0 Å². The molecule has 1 saturated heterocycles. The Morgan fingerprint density at radius 2 is 2.18 bits per heavy atom. The minimum absolute atomic E-state index is 0.230. The molecular formula is C9H12FNO5S. The Labute approximate surface area is 98.2 Å². The number of rotatable bonds is 3. The van der Waals surface area contributed by atoms with Crippen molar-refractivity contribution in [1.29, 1.82) is 0 Å². The summed E-state index contributed by atoms with van der Waals surface area (Å²) in [5.74, 6) is -1.20. The Balaban J connectivity index is 2.85. The lowest BCUT2D eigenvalue weighted by Crippen LogP contribution is -2.26. The van der Waals surface area contributed by atoms with Crippen molar-refractivity contribution in [2.75, 3.05) is 13.7 Å². The molecule has 6 nitrogen and oxygen atoms in total. The minimum atomic E-state index is -4.74. The van der Waals surface area contributed by atoms with Gasteiger partial charge in [0.25, 0.3) is 0 Å². The van der Waals surface area contributed by atoms with Crippen molar-refractivity contribution in [2.45, 2.75) is 18.6 Å². The van der Waals surface area contributed by atoms with Crippen molar-refractivity contribution in [3.8, 4) is 0 Å². The van der Waals surface area contributed by atoms with Gasteiger partial charge in [0.2, 0.25) is 5.91 Å². The molecule has 1 fully saturated rings. The molecule has 0 spiro atoms. The highest BCUT2D eigenvalue weighted by Gasteiger charge is 2.39. The second-order valence-corrected chi connectivity index (χ2v) is 5.23. The standard InChI is InChI=1S/C9H12FNO5S/c1-6(3-9(13)16-2)11-5-7(4-8(11)12)17(10,14)15/h3,7H,4-5H2,1-2H3. The topological polar surface area (TPSA) is 80.8 Å². The predicted molar refractivity (Wildman–Crippen MR) is 55.9 cm³/mol. The number of ether oxygens (including phenoxy) is 1. The molecule has 0 radical (unpaired) electrons. The molecule has 0 bridgehead atoms. The van der Waals surface area contributed by atoms with Gasteiger partial charge in [0.1, 0.15) is 5.25 Å². The first-order valence-electron chi connectivity index (χ1n) is 4.75. The Morgan fingerprint density at radius 1 is 1.59 bits per heavy atom. The summed E-state index contributed by atoms with van der Waals surface area (Å²) >= 11 is 0. The van der Waals surface area contributed by atoms with Crippen LogP contribution in [0.1, 0.15) is 13.3 Å². The Morgan fingerprint density at radius 3 is 2.59 bits per heavy atom. The van der Waals surface area contributed by atoms with Crippen LogP contribution in [0.2, 0.25) is 0 Å². The maximum atomic E-state index is 12.7. The Kier molecular flexibility index (Phi) is 3.87. The number of nitrogens with zero attached hydrogens (tertiary/aromatic N) is 1. The van der Waals surface area contributed by atoms with E-state index in [1.54, 1.807) is 0 Å². The van der Waals surface area contributed by atoms with Gasteiger partial charge in [-0.3, -0.25) is 4.79 Å². The predicted octanol–water partition coefficient (Wildman–Crippen LogP) is -0.0366. The van der Waals surface area contributed by atoms with E-state index < -0.39 is 33.8 Å². The third-order valence-electron chi connectivity index (χ3n) is 2.44. The number of allylic oxidation sites excluding steroid dienone is 1. The van der Waals surface area contributed by atoms with E-state index in [0.29, 0.717) is 0 Å². The van der Waals surface area contributed by atoms with E-state index in [4.69, 9.17) is 0 Å². The second kappa shape index (κ2) is 4.82. The van der Waals surface area contributed by atoms with Crippen molar-refractivity contribution in [1.82, 2.24) is 4.90 Å². The summed E-state index contributed by atoms with van der Waals surface area (Å²) in [6, 6.07) is 0. The normalized spacial score (nSPS) is 21.8. The zero-order chi connectivity index (χ0) is 13.2. The van der Waals surface area contributed by atoms with E-state index in [1.807, 2.05) is 0 Å². The maximum Gasteiger partial charge on any atom is 0.332 e. The summed E-state index contributed by atoms with van der Waals surface area (Å²) in [4.78, 5) is 23.4. The van der Waals surface area contributed by atoms with Crippen LogP contribution < -0.4 is 0 Å². The molecule has 1 amide bonds. The van der Waals surface area contributed by atoms with Crippen LogP contribution in [0.3, 0.4) is 0 Å². The van der Waals surface area contributed by atoms with Gasteiger partial charge >= 0.3 is 16.2 Å². The van der Waals surface area contributed by atoms with Crippen LogP contribution >= 0.6 is 0 Å². The van der Waals surface area contributed by atoms with E-state index in [-0.39, 0.29) is 12.2 Å². The van der Waals surface area contributed by atoms with Crippen LogP contribution in [0.25, 0.3) is 0 Å². The summed E-state index contributed by atoms with van der Waals surface area (Å²) in [6.07, 6.45) is 0.635. The number of amides is 1. The number of carbonyl (C=O) groups is 2. The lowest BCUT2D eigenvalue weighted by atomic mass is 10.4. The van der Waals surface area contributed by atoms with Gasteiger partial charge in [-0.05, 0) is 6.92 Å². The quantitative estimate of drug-likeness (QED) is 0.406. The molecule has 0 aromatic carbocycles. The molecule has 1 rings (SSSR count). The molecule has 1 heterocycles. The zero-order valence-corrected chi connectivity index (χ0v) is 10.2. The Bertz CT molecular complexity index is 470. The fourth-order valence-corrected chi connectivity index (χ4v) is 2.18. The van der Waals surface area contributed by atoms with Crippen molar-refractivity contribution < 1.29 is 26.6 Å². The monoisotopic (exact) mass is 265 g/mol. The van der Waals surface area contributed by atoms with Gasteiger partial charge in [-0.25, -0.2) is 4.79 Å². The fourth-order valence-electron chi connectivity index (χ4n) is 1.51. The van der Waals surface area contributed by atoms with Crippen LogP contribution in [-0.2, 0) is 24.5 Å². The first-order valence-corrected chi connectivity index (χ1v) is 6.20. The van der Waals surface area contributed by atoms with E-state index in [0.717, 1.165) is 11.0 Å². The average molecular weight is 265 g/mol. The smallest absolute Gasteiger partial charge is 0.332 e. The lowest BCUT2D eigenvalue weighted by molar-refractivity contribution is -0.135. The third kappa shape index (κ3) is 3.26.